The van der Waals surface area contributed by atoms with Crippen molar-refractivity contribution in [2.24, 2.45) is 0 Å². The van der Waals surface area contributed by atoms with Gasteiger partial charge in [-0.15, -0.1) is 11.3 Å². The molecule has 0 unspecified atom stereocenters. The highest BCUT2D eigenvalue weighted by Crippen LogP contribution is 2.17. The highest BCUT2D eigenvalue weighted by atomic mass is 32.1. The minimum atomic E-state index is -0.0512. The molecule has 2 rings (SSSR count). The van der Waals surface area contributed by atoms with Crippen LogP contribution in [0.2, 0.25) is 0 Å². The predicted molar refractivity (Wildman–Crippen MR) is 53.1 cm³/mol. The Balaban J connectivity index is 2.11. The van der Waals surface area contributed by atoms with Crippen molar-refractivity contribution < 1.29 is 9.63 Å². The Kier molecular flexibility index (Phi) is 2.79. The van der Waals surface area contributed by atoms with Crippen LogP contribution < -0.4 is 0 Å². The summed E-state index contributed by atoms with van der Waals surface area (Å²) >= 11 is 1.37. The summed E-state index contributed by atoms with van der Waals surface area (Å²) in [5, 5.41) is 1.45. The van der Waals surface area contributed by atoms with Crippen LogP contribution in [0, 0.1) is 6.92 Å². The van der Waals surface area contributed by atoms with Crippen molar-refractivity contribution in [3.05, 3.63) is 16.1 Å². The van der Waals surface area contributed by atoms with Gasteiger partial charge in [-0.3, -0.25) is 9.63 Å². The molecule has 4 nitrogen and oxygen atoms in total. The number of amides is 1. The normalized spacial score (nSPS) is 17.1. The van der Waals surface area contributed by atoms with Gasteiger partial charge in [-0.05, 0) is 19.8 Å². The van der Waals surface area contributed by atoms with Gasteiger partial charge < -0.3 is 0 Å². The van der Waals surface area contributed by atoms with E-state index in [1.807, 2.05) is 6.92 Å². The quantitative estimate of drug-likeness (QED) is 0.710. The van der Waals surface area contributed by atoms with E-state index in [0.717, 1.165) is 18.5 Å². The van der Waals surface area contributed by atoms with Gasteiger partial charge in [-0.2, -0.15) is 0 Å². The third-order valence-electron chi connectivity index (χ3n) is 2.17. The number of nitrogens with zero attached hydrogens (tertiary/aromatic N) is 2. The molecule has 0 aliphatic carbocycles. The molecule has 1 fully saturated rings. The van der Waals surface area contributed by atoms with Gasteiger partial charge in [-0.1, -0.05) is 0 Å². The van der Waals surface area contributed by atoms with Gasteiger partial charge in [-0.25, -0.2) is 10.0 Å². The average Bonchev–Trinajstić information content (AvgIpc) is 2.65. The highest BCUT2D eigenvalue weighted by Gasteiger charge is 2.22. The summed E-state index contributed by atoms with van der Waals surface area (Å²) in [6.45, 7) is 3.17. The van der Waals surface area contributed by atoms with E-state index in [4.69, 9.17) is 4.84 Å². The molecule has 76 valence electrons. The molecule has 5 heteroatoms. The number of carbonyl (C=O) groups is 1. The van der Waals surface area contributed by atoms with Crippen LogP contribution >= 0.6 is 11.3 Å². The van der Waals surface area contributed by atoms with E-state index < -0.39 is 0 Å². The van der Waals surface area contributed by atoms with Gasteiger partial charge in [0.2, 0.25) is 0 Å². The third kappa shape index (κ3) is 1.78. The second-order valence-corrected chi connectivity index (χ2v) is 4.07. The van der Waals surface area contributed by atoms with Gasteiger partial charge in [0, 0.05) is 6.54 Å². The molecule has 2 heterocycles. The van der Waals surface area contributed by atoms with Crippen molar-refractivity contribution in [2.75, 3.05) is 13.2 Å². The van der Waals surface area contributed by atoms with Crippen molar-refractivity contribution in [1.29, 1.82) is 0 Å². The first-order valence-corrected chi connectivity index (χ1v) is 5.52. The van der Waals surface area contributed by atoms with Gasteiger partial charge in [0.1, 0.15) is 4.88 Å². The molecule has 1 amide bonds. The molecule has 1 aliphatic rings. The molecule has 1 aromatic heterocycles. The molecule has 14 heavy (non-hydrogen) atoms. The lowest BCUT2D eigenvalue weighted by Gasteiger charge is -2.25. The largest absolute Gasteiger partial charge is 0.289 e. The SMILES string of the molecule is Cc1ncsc1C(=O)N1CCCCO1. The Morgan fingerprint density at radius 3 is 3.07 bits per heavy atom. The van der Waals surface area contributed by atoms with Crippen LogP contribution in [0.5, 0.6) is 0 Å². The highest BCUT2D eigenvalue weighted by molar-refractivity contribution is 7.11. The van der Waals surface area contributed by atoms with Crippen LogP contribution in [0.3, 0.4) is 0 Å². The minimum Gasteiger partial charge on any atom is -0.271 e. The summed E-state index contributed by atoms with van der Waals surface area (Å²) in [6, 6.07) is 0. The van der Waals surface area contributed by atoms with E-state index in [1.165, 1.54) is 16.4 Å². The van der Waals surface area contributed by atoms with Crippen LogP contribution in [-0.2, 0) is 4.84 Å². The second kappa shape index (κ2) is 4.06. The molecule has 0 saturated carbocycles. The number of hydroxylamine groups is 2. The molecule has 0 spiro atoms. The Bertz CT molecular complexity index is 331. The number of thiazole rings is 1. The summed E-state index contributed by atoms with van der Waals surface area (Å²) in [7, 11) is 0. The first-order chi connectivity index (χ1) is 6.79. The van der Waals surface area contributed by atoms with E-state index in [0.29, 0.717) is 18.0 Å². The van der Waals surface area contributed by atoms with E-state index >= 15 is 0 Å². The maximum absolute atomic E-state index is 11.9. The van der Waals surface area contributed by atoms with Crippen molar-refractivity contribution >= 4 is 17.2 Å². The topological polar surface area (TPSA) is 42.4 Å². The lowest BCUT2D eigenvalue weighted by molar-refractivity contribution is -0.144. The number of rotatable bonds is 1. The summed E-state index contributed by atoms with van der Waals surface area (Å²) in [5.41, 5.74) is 2.47. The molecular formula is C9H12N2O2S. The molecule has 0 N–H and O–H groups in total. The zero-order chi connectivity index (χ0) is 9.97. The number of hydrogen-bond acceptors (Lipinski definition) is 4. The molecule has 0 radical (unpaired) electrons. The fourth-order valence-electron chi connectivity index (χ4n) is 1.38. The minimum absolute atomic E-state index is 0.0512. The van der Waals surface area contributed by atoms with Gasteiger partial charge in [0.15, 0.2) is 0 Å². The first kappa shape index (κ1) is 9.61. The van der Waals surface area contributed by atoms with Crippen LogP contribution in [-0.4, -0.2) is 29.1 Å². The Morgan fingerprint density at radius 2 is 2.50 bits per heavy atom. The molecule has 1 aromatic rings. The second-order valence-electron chi connectivity index (χ2n) is 3.21. The first-order valence-electron chi connectivity index (χ1n) is 4.64. The van der Waals surface area contributed by atoms with Crippen LogP contribution in [0.4, 0.5) is 0 Å². The predicted octanol–water partition coefficient (Wildman–Crippen LogP) is 1.62. The lowest BCUT2D eigenvalue weighted by Crippen LogP contribution is -2.35. The number of carbonyl (C=O) groups excluding carboxylic acids is 1. The number of hydrogen-bond donors (Lipinski definition) is 0. The summed E-state index contributed by atoms with van der Waals surface area (Å²) in [5.74, 6) is -0.0512. The fourth-order valence-corrected chi connectivity index (χ4v) is 2.12. The van der Waals surface area contributed by atoms with E-state index in [2.05, 4.69) is 4.98 Å². The number of aromatic nitrogens is 1. The molecule has 0 aromatic carbocycles. The summed E-state index contributed by atoms with van der Waals surface area (Å²) < 4.78 is 0. The fraction of sp³-hybridized carbons (Fsp3) is 0.556. The molecular weight excluding hydrogens is 200 g/mol. The lowest BCUT2D eigenvalue weighted by atomic mass is 10.3. The Hall–Kier alpha value is -0.940. The van der Waals surface area contributed by atoms with Crippen molar-refractivity contribution in [3.63, 3.8) is 0 Å². The van der Waals surface area contributed by atoms with E-state index in [9.17, 15) is 4.79 Å². The smallest absolute Gasteiger partial charge is 0.271 e. The van der Waals surface area contributed by atoms with Crippen molar-refractivity contribution in [2.45, 2.75) is 19.8 Å². The summed E-state index contributed by atoms with van der Waals surface area (Å²) in [4.78, 5) is 21.9. The van der Waals surface area contributed by atoms with E-state index in [1.54, 1.807) is 5.51 Å². The van der Waals surface area contributed by atoms with E-state index in [-0.39, 0.29) is 5.91 Å². The van der Waals surface area contributed by atoms with Crippen LogP contribution in [0.25, 0.3) is 0 Å². The third-order valence-corrected chi connectivity index (χ3v) is 3.09. The Morgan fingerprint density at radius 1 is 1.64 bits per heavy atom. The van der Waals surface area contributed by atoms with Crippen molar-refractivity contribution in [3.8, 4) is 0 Å². The zero-order valence-corrected chi connectivity index (χ0v) is 8.84. The molecule has 0 atom stereocenters. The Labute approximate surface area is 86.5 Å². The summed E-state index contributed by atoms with van der Waals surface area (Å²) in [6.07, 6.45) is 2.05. The molecule has 1 aliphatic heterocycles. The number of aryl methyl sites for hydroxylation is 1. The van der Waals surface area contributed by atoms with Crippen molar-refractivity contribution in [1.82, 2.24) is 10.0 Å². The standard InChI is InChI=1S/C9H12N2O2S/c1-7-8(14-6-10-7)9(12)11-4-2-3-5-13-11/h6H,2-5H2,1H3. The maximum Gasteiger partial charge on any atom is 0.289 e. The average molecular weight is 212 g/mol. The zero-order valence-electron chi connectivity index (χ0n) is 8.02. The van der Waals surface area contributed by atoms with Crippen LogP contribution in [0.1, 0.15) is 28.2 Å². The van der Waals surface area contributed by atoms with Crippen LogP contribution in [0.15, 0.2) is 5.51 Å². The van der Waals surface area contributed by atoms with Gasteiger partial charge in [0.25, 0.3) is 5.91 Å². The molecule has 0 bridgehead atoms. The maximum atomic E-state index is 11.9. The monoisotopic (exact) mass is 212 g/mol. The van der Waals surface area contributed by atoms with Gasteiger partial charge in [0.05, 0.1) is 17.8 Å². The van der Waals surface area contributed by atoms with Gasteiger partial charge >= 0.3 is 0 Å². The molecule has 1 saturated heterocycles.